The molecule has 0 fully saturated rings. The number of carbonyl (C=O) groups excluding carboxylic acids is 1. The van der Waals surface area contributed by atoms with Crippen LogP contribution in [-0.4, -0.2) is 22.0 Å². The summed E-state index contributed by atoms with van der Waals surface area (Å²) in [6, 6.07) is 15.3. The molecule has 0 atom stereocenters. The van der Waals surface area contributed by atoms with Crippen molar-refractivity contribution in [3.8, 4) is 5.75 Å². The number of hydrogen-bond acceptors (Lipinski definition) is 5. The molecular formula is C25H25N3O2S. The van der Waals surface area contributed by atoms with E-state index in [-0.39, 0.29) is 12.0 Å². The van der Waals surface area contributed by atoms with Crippen LogP contribution in [0.1, 0.15) is 40.9 Å². The number of hydrogen-bond donors (Lipinski definition) is 0. The molecule has 6 heteroatoms. The maximum atomic E-state index is 13.5. The van der Waals surface area contributed by atoms with Gasteiger partial charge in [-0.15, -0.1) is 0 Å². The molecule has 0 aliphatic carbocycles. The minimum absolute atomic E-state index is 0.0816. The van der Waals surface area contributed by atoms with E-state index in [1.807, 2.05) is 38.1 Å². The normalized spacial score (nSPS) is 11.1. The molecule has 4 rings (SSSR count). The topological polar surface area (TPSA) is 55.3 Å². The third-order valence-electron chi connectivity index (χ3n) is 4.82. The molecule has 0 saturated carbocycles. The minimum Gasteiger partial charge on any atom is -0.491 e. The maximum Gasteiger partial charge on any atom is 0.260 e. The summed E-state index contributed by atoms with van der Waals surface area (Å²) in [5.74, 6) is 0.643. The Labute approximate surface area is 186 Å². The third-order valence-corrected chi connectivity index (χ3v) is 6.05. The van der Waals surface area contributed by atoms with Crippen molar-refractivity contribution in [2.75, 3.05) is 4.90 Å². The fourth-order valence-corrected chi connectivity index (χ4v) is 4.50. The average molecular weight is 432 g/mol. The summed E-state index contributed by atoms with van der Waals surface area (Å²) in [6.45, 7) is 8.49. The maximum absolute atomic E-state index is 13.5. The predicted molar refractivity (Wildman–Crippen MR) is 126 cm³/mol. The fourth-order valence-electron chi connectivity index (χ4n) is 3.48. The second-order valence-corrected chi connectivity index (χ2v) is 8.85. The van der Waals surface area contributed by atoms with Gasteiger partial charge in [0.25, 0.3) is 5.91 Å². The molecule has 31 heavy (non-hydrogen) atoms. The van der Waals surface area contributed by atoms with Gasteiger partial charge >= 0.3 is 0 Å². The highest BCUT2D eigenvalue weighted by atomic mass is 32.1. The Bertz CT molecular complexity index is 1200. The Morgan fingerprint density at radius 1 is 1.13 bits per heavy atom. The van der Waals surface area contributed by atoms with Crippen molar-refractivity contribution < 1.29 is 9.53 Å². The van der Waals surface area contributed by atoms with E-state index < -0.39 is 0 Å². The van der Waals surface area contributed by atoms with Crippen LogP contribution in [0.2, 0.25) is 0 Å². The molecule has 0 radical (unpaired) electrons. The fraction of sp³-hybridized carbons (Fsp3) is 0.240. The molecule has 0 saturated heterocycles. The largest absolute Gasteiger partial charge is 0.491 e. The van der Waals surface area contributed by atoms with E-state index in [1.165, 1.54) is 5.56 Å². The number of fused-ring (bicyclic) bond motifs is 1. The van der Waals surface area contributed by atoms with E-state index in [2.05, 4.69) is 31.0 Å². The van der Waals surface area contributed by atoms with Crippen molar-refractivity contribution in [2.45, 2.75) is 40.3 Å². The van der Waals surface area contributed by atoms with Gasteiger partial charge in [-0.25, -0.2) is 4.98 Å². The van der Waals surface area contributed by atoms with Gasteiger partial charge in [-0.3, -0.25) is 14.7 Å². The lowest BCUT2D eigenvalue weighted by Gasteiger charge is -2.20. The van der Waals surface area contributed by atoms with Crippen LogP contribution >= 0.6 is 11.3 Å². The van der Waals surface area contributed by atoms with Crippen molar-refractivity contribution >= 4 is 32.6 Å². The van der Waals surface area contributed by atoms with E-state index >= 15 is 0 Å². The van der Waals surface area contributed by atoms with E-state index in [0.29, 0.717) is 17.2 Å². The molecule has 158 valence electrons. The summed E-state index contributed by atoms with van der Waals surface area (Å²) in [4.78, 5) is 24.3. The molecule has 0 spiro atoms. The monoisotopic (exact) mass is 431 g/mol. The van der Waals surface area contributed by atoms with Crippen LogP contribution in [0.5, 0.6) is 5.75 Å². The second kappa shape index (κ2) is 8.86. The Morgan fingerprint density at radius 3 is 2.58 bits per heavy atom. The summed E-state index contributed by atoms with van der Waals surface area (Å²) in [6.07, 6.45) is 3.59. The van der Waals surface area contributed by atoms with Gasteiger partial charge in [0.05, 0.1) is 22.9 Å². The molecule has 0 aliphatic rings. The number of nitrogens with zero attached hydrogens (tertiary/aromatic N) is 3. The molecule has 4 aromatic rings. The number of ether oxygens (including phenoxy) is 1. The quantitative estimate of drug-likeness (QED) is 0.379. The molecule has 0 bridgehead atoms. The van der Waals surface area contributed by atoms with Crippen molar-refractivity contribution in [3.05, 3.63) is 83.2 Å². The average Bonchev–Trinajstić information content (AvgIpc) is 3.16. The van der Waals surface area contributed by atoms with E-state index in [9.17, 15) is 4.79 Å². The van der Waals surface area contributed by atoms with Crippen LogP contribution < -0.4 is 9.64 Å². The lowest BCUT2D eigenvalue weighted by atomic mass is 10.1. The van der Waals surface area contributed by atoms with E-state index in [0.717, 1.165) is 27.1 Å². The van der Waals surface area contributed by atoms with Crippen molar-refractivity contribution in [1.82, 2.24) is 9.97 Å². The Morgan fingerprint density at radius 2 is 1.90 bits per heavy atom. The van der Waals surface area contributed by atoms with Crippen LogP contribution in [0.3, 0.4) is 0 Å². The first kappa shape index (κ1) is 21.0. The van der Waals surface area contributed by atoms with Crippen LogP contribution in [0.4, 0.5) is 5.13 Å². The first-order valence-corrected chi connectivity index (χ1v) is 11.1. The molecule has 2 aromatic carbocycles. The highest BCUT2D eigenvalue weighted by Gasteiger charge is 2.22. The first-order valence-electron chi connectivity index (χ1n) is 10.3. The summed E-state index contributed by atoms with van der Waals surface area (Å²) in [5, 5.41) is 0.681. The number of pyridine rings is 1. The third kappa shape index (κ3) is 4.75. The zero-order valence-corrected chi connectivity index (χ0v) is 18.9. The summed E-state index contributed by atoms with van der Waals surface area (Å²) < 4.78 is 6.81. The van der Waals surface area contributed by atoms with Crippen molar-refractivity contribution in [1.29, 1.82) is 0 Å². The van der Waals surface area contributed by atoms with Gasteiger partial charge in [-0.05, 0) is 80.8 Å². The summed E-state index contributed by atoms with van der Waals surface area (Å²) in [7, 11) is 0. The number of anilines is 1. The number of benzene rings is 2. The Hall–Kier alpha value is -3.25. The standard InChI is InChI=1S/C25H25N3O2S/c1-16(2)30-21-9-7-20(8-10-21)24(29)28(15-19-6-5-11-26-14-19)25-27-22-13-17(3)12-18(4)23(22)31-25/h5-14,16H,15H2,1-4H3. The lowest BCUT2D eigenvalue weighted by molar-refractivity contribution is 0.0985. The number of aryl methyl sites for hydroxylation is 2. The van der Waals surface area contributed by atoms with E-state index in [4.69, 9.17) is 9.72 Å². The molecule has 0 aliphatic heterocycles. The molecule has 0 unspecified atom stereocenters. The Kier molecular flexibility index (Phi) is 6.00. The lowest BCUT2D eigenvalue weighted by Crippen LogP contribution is -2.30. The van der Waals surface area contributed by atoms with Crippen molar-refractivity contribution in [2.24, 2.45) is 0 Å². The van der Waals surface area contributed by atoms with Gasteiger partial charge < -0.3 is 4.74 Å². The zero-order valence-electron chi connectivity index (χ0n) is 18.1. The summed E-state index contributed by atoms with van der Waals surface area (Å²) in [5.41, 5.74) is 4.78. The SMILES string of the molecule is Cc1cc(C)c2sc(N(Cc3cccnc3)C(=O)c3ccc(OC(C)C)cc3)nc2c1. The molecule has 1 amide bonds. The van der Waals surface area contributed by atoms with Gasteiger partial charge in [-0.2, -0.15) is 0 Å². The molecule has 2 aromatic heterocycles. The first-order chi connectivity index (χ1) is 14.9. The van der Waals surface area contributed by atoms with Crippen LogP contribution in [0.15, 0.2) is 60.9 Å². The molecule has 2 heterocycles. The highest BCUT2D eigenvalue weighted by Crippen LogP contribution is 2.33. The molecule has 0 N–H and O–H groups in total. The number of thiazole rings is 1. The number of carbonyl (C=O) groups is 1. The number of aromatic nitrogens is 2. The van der Waals surface area contributed by atoms with Crippen LogP contribution in [-0.2, 0) is 6.54 Å². The van der Waals surface area contributed by atoms with E-state index in [1.54, 1.807) is 40.8 Å². The predicted octanol–water partition coefficient (Wildman–Crippen LogP) is 5.94. The van der Waals surface area contributed by atoms with Crippen molar-refractivity contribution in [3.63, 3.8) is 0 Å². The van der Waals surface area contributed by atoms with Crippen LogP contribution in [0, 0.1) is 13.8 Å². The van der Waals surface area contributed by atoms with Gasteiger partial charge in [0.2, 0.25) is 0 Å². The van der Waals surface area contributed by atoms with Crippen LogP contribution in [0.25, 0.3) is 10.2 Å². The summed E-state index contributed by atoms with van der Waals surface area (Å²) >= 11 is 1.54. The van der Waals surface area contributed by atoms with Gasteiger partial charge in [0.15, 0.2) is 5.13 Å². The number of rotatable bonds is 6. The number of amides is 1. The molecule has 5 nitrogen and oxygen atoms in total. The zero-order chi connectivity index (χ0) is 22.0. The Balaban J connectivity index is 1.72. The smallest absolute Gasteiger partial charge is 0.260 e. The highest BCUT2D eigenvalue weighted by molar-refractivity contribution is 7.22. The van der Waals surface area contributed by atoms with Gasteiger partial charge in [0, 0.05) is 18.0 Å². The van der Waals surface area contributed by atoms with Gasteiger partial charge in [0.1, 0.15) is 5.75 Å². The second-order valence-electron chi connectivity index (χ2n) is 7.87. The minimum atomic E-state index is -0.103. The molecular weight excluding hydrogens is 406 g/mol. The van der Waals surface area contributed by atoms with Gasteiger partial charge in [-0.1, -0.05) is 23.5 Å².